The van der Waals surface area contributed by atoms with E-state index in [9.17, 15) is 6.85 Å². The third-order valence-corrected chi connectivity index (χ3v) is 10.9. The van der Waals surface area contributed by atoms with Crippen LogP contribution in [-0.4, -0.2) is 19.5 Å². The lowest BCUT2D eigenvalue weighted by atomic mass is 9.96. The zero-order valence-electron chi connectivity index (χ0n) is 41.2. The Morgan fingerprint density at radius 3 is 1.88 bits per heavy atom. The number of nitrogens with zero attached hydrogens (tertiary/aromatic N) is 4. The van der Waals surface area contributed by atoms with Crippen LogP contribution in [0.5, 0.6) is 0 Å². The Hall–Kier alpha value is -7.21. The van der Waals surface area contributed by atoms with Crippen LogP contribution in [-0.2, 0) is 0 Å². The molecule has 0 aliphatic rings. The standard InChI is InChI=1S/C51H32N4S/c1-4-15-33(16-5-1)36-27-29-44-41(31-36)39-21-10-12-24-43(39)55(44)45-30-28-37(38-23-14-26-47-48(38)40-22-11-13-25-46(40)56-47)32-42(45)51-53-49(34-17-6-2-7-18-34)52-50(54-51)35-19-8-3-9-20-35/h1-32H/i1D,4D,5D,10D,12D,15D,16D,21D,24D,27D,29D,31D. The molecule has 0 N–H and O–H groups in total. The van der Waals surface area contributed by atoms with Gasteiger partial charge in [-0.2, -0.15) is 0 Å². The maximum Gasteiger partial charge on any atom is 0.166 e. The van der Waals surface area contributed by atoms with Gasteiger partial charge in [0, 0.05) is 47.6 Å². The molecule has 0 saturated heterocycles. The van der Waals surface area contributed by atoms with Gasteiger partial charge in [-0.3, -0.25) is 0 Å². The average Bonchev–Trinajstić information content (AvgIpc) is 3.94. The van der Waals surface area contributed by atoms with Gasteiger partial charge in [-0.15, -0.1) is 11.3 Å². The largest absolute Gasteiger partial charge is 0.309 e. The van der Waals surface area contributed by atoms with E-state index in [0.29, 0.717) is 28.3 Å². The van der Waals surface area contributed by atoms with Crippen LogP contribution >= 0.6 is 11.3 Å². The van der Waals surface area contributed by atoms with E-state index in [4.69, 9.17) is 24.5 Å². The van der Waals surface area contributed by atoms with Crippen LogP contribution < -0.4 is 0 Å². The minimum absolute atomic E-state index is 0.119. The van der Waals surface area contributed by atoms with Crippen molar-refractivity contribution < 1.29 is 16.4 Å². The zero-order valence-corrected chi connectivity index (χ0v) is 30.1. The van der Waals surface area contributed by atoms with E-state index < -0.39 is 83.6 Å². The van der Waals surface area contributed by atoms with Gasteiger partial charge in [-0.25, -0.2) is 15.0 Å². The maximum absolute atomic E-state index is 9.75. The summed E-state index contributed by atoms with van der Waals surface area (Å²) in [5, 5.41) is 1.75. The molecule has 11 rings (SSSR count). The van der Waals surface area contributed by atoms with Crippen molar-refractivity contribution in [2.24, 2.45) is 0 Å². The minimum atomic E-state index is -0.700. The van der Waals surface area contributed by atoms with Crippen LogP contribution in [0.2, 0.25) is 0 Å². The van der Waals surface area contributed by atoms with Gasteiger partial charge in [0.05, 0.1) is 33.2 Å². The van der Waals surface area contributed by atoms with Gasteiger partial charge in [-0.05, 0) is 64.6 Å². The summed E-state index contributed by atoms with van der Waals surface area (Å²) in [6.07, 6.45) is 0. The lowest BCUT2D eigenvalue weighted by Crippen LogP contribution is -2.04. The normalized spacial score (nSPS) is 14.6. The lowest BCUT2D eigenvalue weighted by Gasteiger charge is -2.17. The van der Waals surface area contributed by atoms with Gasteiger partial charge in [0.2, 0.25) is 0 Å². The second kappa shape index (κ2) is 13.3. The lowest BCUT2D eigenvalue weighted by molar-refractivity contribution is 1.06. The fourth-order valence-corrected chi connectivity index (χ4v) is 8.41. The monoisotopic (exact) mass is 744 g/mol. The number of hydrogen-bond donors (Lipinski definition) is 0. The fraction of sp³-hybridized carbons (Fsp3) is 0. The number of aromatic nitrogens is 4. The van der Waals surface area contributed by atoms with E-state index in [1.54, 1.807) is 17.4 Å². The van der Waals surface area contributed by atoms with Crippen molar-refractivity contribution in [3.8, 4) is 62.1 Å². The van der Waals surface area contributed by atoms with Crippen LogP contribution in [0.3, 0.4) is 0 Å². The van der Waals surface area contributed by atoms with Gasteiger partial charge in [0.1, 0.15) is 0 Å². The third kappa shape index (κ3) is 5.40. The molecule has 0 bridgehead atoms. The van der Waals surface area contributed by atoms with E-state index in [2.05, 4.69) is 18.2 Å². The topological polar surface area (TPSA) is 43.6 Å². The Balaban J connectivity index is 1.31. The molecule has 3 heterocycles. The molecular weight excluding hydrogens is 701 g/mol. The second-order valence-electron chi connectivity index (χ2n) is 13.1. The van der Waals surface area contributed by atoms with Crippen molar-refractivity contribution in [1.29, 1.82) is 0 Å². The Labute approximate surface area is 344 Å². The minimum Gasteiger partial charge on any atom is -0.309 e. The van der Waals surface area contributed by atoms with E-state index in [1.807, 2.05) is 97.1 Å². The molecule has 0 aliphatic heterocycles. The summed E-state index contributed by atoms with van der Waals surface area (Å²) >= 11 is 1.67. The highest BCUT2D eigenvalue weighted by Gasteiger charge is 2.21. The molecule has 262 valence electrons. The summed E-state index contributed by atoms with van der Waals surface area (Å²) in [5.41, 5.74) is 2.44. The van der Waals surface area contributed by atoms with Crippen molar-refractivity contribution in [2.75, 3.05) is 0 Å². The molecule has 4 nitrogen and oxygen atoms in total. The average molecular weight is 745 g/mol. The van der Waals surface area contributed by atoms with E-state index in [0.717, 1.165) is 31.3 Å². The number of thiophene rings is 1. The van der Waals surface area contributed by atoms with Crippen LogP contribution in [0.25, 0.3) is 104 Å². The molecule has 0 aliphatic carbocycles. The molecule has 3 aromatic heterocycles. The molecule has 0 radical (unpaired) electrons. The first-order valence-corrected chi connectivity index (χ1v) is 18.6. The molecule has 0 spiro atoms. The van der Waals surface area contributed by atoms with E-state index >= 15 is 0 Å². The summed E-state index contributed by atoms with van der Waals surface area (Å²) in [7, 11) is 0. The summed E-state index contributed by atoms with van der Waals surface area (Å²) in [5.74, 6) is 0.853. The highest BCUT2D eigenvalue weighted by molar-refractivity contribution is 7.25. The summed E-state index contributed by atoms with van der Waals surface area (Å²) in [6.45, 7) is 0. The first-order chi connectivity index (χ1) is 32.8. The molecule has 8 aromatic carbocycles. The summed E-state index contributed by atoms with van der Waals surface area (Å²) in [4.78, 5) is 15.1. The predicted octanol–water partition coefficient (Wildman–Crippen LogP) is 13.7. The Morgan fingerprint density at radius 2 is 1.09 bits per heavy atom. The second-order valence-corrected chi connectivity index (χ2v) is 14.2. The SMILES string of the molecule is [2H]c1c([2H])c([2H])c(-c2c([2H])c([2H])c3c(c2[2H])c2c([2H])c([2H])c([2H])c([2H])c2n3-c2ccc(-c3cccc4sc5ccccc5c34)cc2-c2nc(-c3ccccc3)nc(-c3ccccc3)n2)c([2H])c1[2H]. The smallest absolute Gasteiger partial charge is 0.166 e. The number of benzene rings is 8. The van der Waals surface area contributed by atoms with Crippen molar-refractivity contribution >= 4 is 53.3 Å². The number of rotatable bonds is 6. The van der Waals surface area contributed by atoms with Gasteiger partial charge in [0.25, 0.3) is 0 Å². The van der Waals surface area contributed by atoms with Gasteiger partial charge in [0.15, 0.2) is 17.5 Å². The molecule has 11 aromatic rings. The van der Waals surface area contributed by atoms with E-state index in [1.165, 1.54) is 4.57 Å². The summed E-state index contributed by atoms with van der Waals surface area (Å²) in [6, 6.07) is 31.0. The highest BCUT2D eigenvalue weighted by atomic mass is 32.1. The zero-order chi connectivity index (χ0) is 47.4. The molecule has 5 heteroatoms. The quantitative estimate of drug-likeness (QED) is 0.170. The number of fused-ring (bicyclic) bond motifs is 6. The van der Waals surface area contributed by atoms with Crippen LogP contribution in [0, 0.1) is 0 Å². The molecule has 0 fully saturated rings. The van der Waals surface area contributed by atoms with Gasteiger partial charge >= 0.3 is 0 Å². The van der Waals surface area contributed by atoms with Gasteiger partial charge < -0.3 is 4.57 Å². The maximum atomic E-state index is 9.75. The molecule has 56 heavy (non-hydrogen) atoms. The van der Waals surface area contributed by atoms with Crippen LogP contribution in [0.4, 0.5) is 0 Å². The third-order valence-electron chi connectivity index (χ3n) is 9.80. The molecular formula is C51H32N4S. The molecule has 0 atom stereocenters. The van der Waals surface area contributed by atoms with Crippen LogP contribution in [0.15, 0.2) is 194 Å². The van der Waals surface area contributed by atoms with Crippen molar-refractivity contribution in [1.82, 2.24) is 19.5 Å². The van der Waals surface area contributed by atoms with E-state index in [-0.39, 0.29) is 33.3 Å². The highest BCUT2D eigenvalue weighted by Crippen LogP contribution is 2.43. The summed E-state index contributed by atoms with van der Waals surface area (Å²) < 4.78 is 112. The Morgan fingerprint density at radius 1 is 0.429 bits per heavy atom. The number of para-hydroxylation sites is 1. The number of hydrogen-bond acceptors (Lipinski definition) is 4. The fourth-order valence-electron chi connectivity index (χ4n) is 7.28. The first kappa shape index (κ1) is 22.2. The van der Waals surface area contributed by atoms with Crippen molar-refractivity contribution in [3.63, 3.8) is 0 Å². The molecule has 0 amide bonds. The Bertz CT molecular complexity index is 3860. The Kier molecular flexibility index (Phi) is 5.27. The predicted molar refractivity (Wildman–Crippen MR) is 234 cm³/mol. The molecule has 0 unspecified atom stereocenters. The first-order valence-electron chi connectivity index (χ1n) is 23.8. The molecule has 0 saturated carbocycles. The van der Waals surface area contributed by atoms with Gasteiger partial charge in [-0.1, -0.05) is 151 Å². The van der Waals surface area contributed by atoms with Crippen molar-refractivity contribution in [3.05, 3.63) is 194 Å². The van der Waals surface area contributed by atoms with Crippen LogP contribution in [0.1, 0.15) is 16.4 Å². The van der Waals surface area contributed by atoms with Crippen molar-refractivity contribution in [2.45, 2.75) is 0 Å².